The van der Waals surface area contributed by atoms with E-state index in [-0.39, 0.29) is 63.2 Å². The largest absolute Gasteiger partial charge is 0.508 e. The number of aromatic amines is 1. The summed E-state index contributed by atoms with van der Waals surface area (Å²) in [4.78, 5) is 142. The van der Waals surface area contributed by atoms with E-state index in [1.54, 1.807) is 58.0 Å². The highest BCUT2D eigenvalue weighted by Gasteiger charge is 2.35. The molecule has 9 atom stereocenters. The van der Waals surface area contributed by atoms with Gasteiger partial charge < -0.3 is 80.0 Å². The number of carboxylic acid groups (broad SMARTS) is 2. The predicted molar refractivity (Wildman–Crippen MR) is 298 cm³/mol. The van der Waals surface area contributed by atoms with Crippen LogP contribution in [0.1, 0.15) is 109 Å². The summed E-state index contributed by atoms with van der Waals surface area (Å²) in [6.07, 6.45) is 3.52. The maximum absolute atomic E-state index is 14.4. The number of H-pyrrole nitrogens is 1. The number of aromatic hydroxyl groups is 1. The van der Waals surface area contributed by atoms with E-state index in [9.17, 15) is 63.3 Å². The van der Waals surface area contributed by atoms with Gasteiger partial charge in [0.25, 0.3) is 0 Å². The van der Waals surface area contributed by atoms with Crippen LogP contribution in [0.2, 0.25) is 0 Å². The van der Waals surface area contributed by atoms with Gasteiger partial charge in [-0.05, 0) is 106 Å². The first-order valence-electron chi connectivity index (χ1n) is 27.2. The summed E-state index contributed by atoms with van der Waals surface area (Å²) in [5.74, 6) is -9.86. The first-order chi connectivity index (χ1) is 38.4. The van der Waals surface area contributed by atoms with Crippen LogP contribution in [0.5, 0.6) is 5.75 Å². The molecule has 1 aromatic heterocycles. The number of nitrogens with one attached hydrogen (secondary N) is 9. The van der Waals surface area contributed by atoms with Gasteiger partial charge >= 0.3 is 11.9 Å². The molecule has 0 radical (unpaired) electrons. The van der Waals surface area contributed by atoms with Gasteiger partial charge in [-0.25, -0.2) is 9.78 Å². The number of aromatic nitrogens is 2. The standard InChI is InChI=1S/C55H83N13O13/c1-31(2)25-42(66-54(79)44(27-35-17-19-37(69)20-18-35)67-50(75)41(21-22-45(70)71)62-48(73)38(58)28-36-29-59-30-60-36)52(77)63-39(15-9-11-23-56)49(74)61-33(5)47(72)65-43(26-34-13-7-6-8-14-34)53(78)64-40(16-10-12-24-57)51(76)68-46(32(3)4)55(80)81/h6-8,13-14,17-20,29-33,38-44,46,69H,9-12,15-16,21-28,56-58H2,1-5H3,(H,59,60)(H,61,74)(H,62,73)(H,63,77)(H,64,78)(H,65,72)(H,66,79)(H,67,75)(H,68,76)(H,70,71)(H,80,81)/t33-,38-,39-,40-,41-,42-,43-,44-,46-/m0/s1. The second-order valence-corrected chi connectivity index (χ2v) is 20.7. The topological polar surface area (TPSA) is 434 Å². The van der Waals surface area contributed by atoms with Gasteiger partial charge in [0.1, 0.15) is 54.1 Å². The maximum Gasteiger partial charge on any atom is 0.326 e. The molecule has 3 aromatic rings. The Morgan fingerprint density at radius 3 is 1.48 bits per heavy atom. The van der Waals surface area contributed by atoms with E-state index < -0.39 is 126 Å². The number of carboxylic acids is 2. The summed E-state index contributed by atoms with van der Waals surface area (Å²) in [6, 6.07) is 2.56. The molecule has 18 N–H and O–H groups in total. The Bertz CT molecular complexity index is 2520. The lowest BCUT2D eigenvalue weighted by molar-refractivity contribution is -0.143. The van der Waals surface area contributed by atoms with Crippen LogP contribution >= 0.6 is 0 Å². The average molecular weight is 1130 g/mol. The fourth-order valence-corrected chi connectivity index (χ4v) is 8.44. The molecule has 0 saturated carbocycles. The van der Waals surface area contributed by atoms with Gasteiger partial charge in [-0.3, -0.25) is 43.2 Å². The number of aliphatic carboxylic acids is 2. The van der Waals surface area contributed by atoms with Crippen molar-refractivity contribution in [2.45, 2.75) is 166 Å². The monoisotopic (exact) mass is 1130 g/mol. The lowest BCUT2D eigenvalue weighted by Crippen LogP contribution is -2.60. The number of amides is 8. The molecule has 2 aromatic carbocycles. The predicted octanol–water partition coefficient (Wildman–Crippen LogP) is -0.722. The van der Waals surface area contributed by atoms with E-state index >= 15 is 0 Å². The summed E-state index contributed by atoms with van der Waals surface area (Å²) in [6.45, 7) is 8.72. The van der Waals surface area contributed by atoms with Crippen LogP contribution in [0.25, 0.3) is 0 Å². The number of carbonyl (C=O) groups excluding carboxylic acids is 8. The van der Waals surface area contributed by atoms with Gasteiger partial charge in [0.2, 0.25) is 47.3 Å². The molecule has 81 heavy (non-hydrogen) atoms. The summed E-state index contributed by atoms with van der Waals surface area (Å²) in [7, 11) is 0. The minimum atomic E-state index is -1.48. The normalized spacial score (nSPS) is 14.5. The highest BCUT2D eigenvalue weighted by Crippen LogP contribution is 2.15. The number of nitrogens with two attached hydrogens (primary N) is 3. The first-order valence-corrected chi connectivity index (χ1v) is 27.2. The van der Waals surface area contributed by atoms with Crippen LogP contribution < -0.4 is 59.7 Å². The molecule has 446 valence electrons. The lowest BCUT2D eigenvalue weighted by Gasteiger charge is -2.28. The number of rotatable bonds is 37. The number of hydrogen-bond donors (Lipinski definition) is 15. The zero-order chi connectivity index (χ0) is 60.2. The van der Waals surface area contributed by atoms with E-state index in [0.29, 0.717) is 49.0 Å². The number of nitrogens with zero attached hydrogens (tertiary/aromatic N) is 1. The number of unbranched alkanes of at least 4 members (excludes halogenated alkanes) is 2. The van der Waals surface area contributed by atoms with Crippen LogP contribution in [0.4, 0.5) is 0 Å². The van der Waals surface area contributed by atoms with Crippen molar-refractivity contribution < 1.29 is 63.3 Å². The Hall–Kier alpha value is -7.97. The molecule has 0 aliphatic rings. The van der Waals surface area contributed by atoms with Crippen molar-refractivity contribution in [1.29, 1.82) is 0 Å². The Labute approximate surface area is 471 Å². The van der Waals surface area contributed by atoms with Gasteiger partial charge in [0.15, 0.2) is 0 Å². The second-order valence-electron chi connectivity index (χ2n) is 20.7. The third-order valence-corrected chi connectivity index (χ3v) is 13.0. The molecule has 3 rings (SSSR count). The zero-order valence-corrected chi connectivity index (χ0v) is 46.7. The molecular weight excluding hydrogens is 1050 g/mol. The summed E-state index contributed by atoms with van der Waals surface area (Å²) in [5.41, 5.74) is 19.2. The van der Waals surface area contributed by atoms with Gasteiger partial charge in [-0.1, -0.05) is 70.2 Å². The molecule has 0 saturated heterocycles. The van der Waals surface area contributed by atoms with Gasteiger partial charge in [-0.15, -0.1) is 0 Å². The fourth-order valence-electron chi connectivity index (χ4n) is 8.44. The van der Waals surface area contributed by atoms with E-state index in [4.69, 9.17) is 17.2 Å². The van der Waals surface area contributed by atoms with E-state index in [2.05, 4.69) is 52.5 Å². The summed E-state index contributed by atoms with van der Waals surface area (Å²) in [5, 5.41) is 50.2. The van der Waals surface area contributed by atoms with Crippen LogP contribution in [-0.4, -0.2) is 152 Å². The summed E-state index contributed by atoms with van der Waals surface area (Å²) >= 11 is 0. The summed E-state index contributed by atoms with van der Waals surface area (Å²) < 4.78 is 0. The van der Waals surface area contributed by atoms with Crippen LogP contribution in [0, 0.1) is 11.8 Å². The highest BCUT2D eigenvalue weighted by molar-refractivity contribution is 5.98. The zero-order valence-electron chi connectivity index (χ0n) is 46.7. The average Bonchev–Trinajstić information content (AvgIpc) is 3.93. The van der Waals surface area contributed by atoms with Crippen LogP contribution in [0.15, 0.2) is 67.1 Å². The molecular formula is C55H83N13O13. The number of phenolic OH excluding ortho intramolecular Hbond substituents is 1. The Balaban J connectivity index is 1.88. The third kappa shape index (κ3) is 24.5. The molecule has 8 amide bonds. The van der Waals surface area contributed by atoms with Gasteiger partial charge in [0, 0.05) is 37.6 Å². The lowest BCUT2D eigenvalue weighted by atomic mass is 9.99. The molecule has 0 bridgehead atoms. The van der Waals surface area contributed by atoms with Gasteiger partial charge in [-0.2, -0.15) is 0 Å². The quantitative estimate of drug-likeness (QED) is 0.0317. The van der Waals surface area contributed by atoms with Crippen molar-refractivity contribution >= 4 is 59.2 Å². The third-order valence-electron chi connectivity index (χ3n) is 13.0. The molecule has 26 heteroatoms. The minimum absolute atomic E-state index is 0.00428. The minimum Gasteiger partial charge on any atom is -0.508 e. The SMILES string of the molecule is CC(C)C[C@H](NC(=O)[C@H](Cc1ccc(O)cc1)NC(=O)[C@H](CCC(=O)O)NC(=O)[C@@H](N)Cc1cnc[nH]1)C(=O)N[C@@H](CCCCN)C(=O)N[C@@H](C)C(=O)N[C@@H](Cc1ccccc1)C(=O)N[C@@H](CCCCN)C(=O)N[C@H](C(=O)O)C(C)C. The highest BCUT2D eigenvalue weighted by atomic mass is 16.4. The number of phenols is 1. The molecule has 1 heterocycles. The second kappa shape index (κ2) is 34.9. The number of carbonyl (C=O) groups is 10. The number of imidazole rings is 1. The Morgan fingerprint density at radius 1 is 0.531 bits per heavy atom. The van der Waals surface area contributed by atoms with Crippen molar-refractivity contribution in [3.05, 3.63) is 83.9 Å². The first kappa shape index (κ1) is 67.3. The van der Waals surface area contributed by atoms with Crippen LogP contribution in [-0.2, 0) is 67.2 Å². The Kier molecular flexibility index (Phi) is 29.0. The fraction of sp³-hybridized carbons (Fsp3) is 0.545. The van der Waals surface area contributed by atoms with Crippen molar-refractivity contribution in [3.8, 4) is 5.75 Å². The van der Waals surface area contributed by atoms with Crippen molar-refractivity contribution in [1.82, 2.24) is 52.5 Å². The van der Waals surface area contributed by atoms with Crippen LogP contribution in [0.3, 0.4) is 0 Å². The van der Waals surface area contributed by atoms with E-state index in [1.165, 1.54) is 43.7 Å². The molecule has 0 spiro atoms. The molecule has 0 unspecified atom stereocenters. The van der Waals surface area contributed by atoms with E-state index in [1.807, 2.05) is 0 Å². The molecule has 26 nitrogen and oxygen atoms in total. The maximum atomic E-state index is 14.4. The number of hydrogen-bond acceptors (Lipinski definition) is 15. The smallest absolute Gasteiger partial charge is 0.326 e. The van der Waals surface area contributed by atoms with Crippen molar-refractivity contribution in [2.75, 3.05) is 13.1 Å². The van der Waals surface area contributed by atoms with Crippen molar-refractivity contribution in [3.63, 3.8) is 0 Å². The molecule has 0 aliphatic carbocycles. The number of benzene rings is 2. The molecule has 0 fully saturated rings. The Morgan fingerprint density at radius 2 is 0.988 bits per heavy atom. The van der Waals surface area contributed by atoms with E-state index in [0.717, 1.165) is 0 Å². The molecule has 0 aliphatic heterocycles. The van der Waals surface area contributed by atoms with Gasteiger partial charge in [0.05, 0.1) is 12.4 Å². The van der Waals surface area contributed by atoms with Crippen molar-refractivity contribution in [2.24, 2.45) is 29.0 Å².